The summed E-state index contributed by atoms with van der Waals surface area (Å²) in [6.07, 6.45) is 4.03. The monoisotopic (exact) mass is 289 g/mol. The fraction of sp³-hybridized carbons (Fsp3) is 0.611. The molecule has 0 aromatic heterocycles. The van der Waals surface area contributed by atoms with Crippen molar-refractivity contribution in [2.24, 2.45) is 5.92 Å². The number of nitrogens with zero attached hydrogens (tertiary/aromatic N) is 1. The number of benzene rings is 1. The van der Waals surface area contributed by atoms with Crippen molar-refractivity contribution in [1.29, 1.82) is 0 Å². The molecule has 3 heteroatoms. The highest BCUT2D eigenvalue weighted by Gasteiger charge is 2.42. The molecular formula is C18H27NO2. The molecular weight excluding hydrogens is 262 g/mol. The van der Waals surface area contributed by atoms with E-state index in [4.69, 9.17) is 4.74 Å². The smallest absolute Gasteiger partial charge is 0.225 e. The number of ether oxygens (including phenoxy) is 1. The van der Waals surface area contributed by atoms with Crippen molar-refractivity contribution in [3.63, 3.8) is 0 Å². The molecule has 1 saturated heterocycles. The molecule has 0 saturated carbocycles. The lowest BCUT2D eigenvalue weighted by Gasteiger charge is -2.45. The molecule has 1 heterocycles. The van der Waals surface area contributed by atoms with E-state index in [1.165, 1.54) is 5.56 Å². The van der Waals surface area contributed by atoms with Gasteiger partial charge in [-0.25, -0.2) is 0 Å². The highest BCUT2D eigenvalue weighted by atomic mass is 16.5. The molecule has 21 heavy (non-hydrogen) atoms. The second-order valence-corrected chi connectivity index (χ2v) is 6.25. The minimum absolute atomic E-state index is 0.0526. The Morgan fingerprint density at radius 1 is 1.38 bits per heavy atom. The van der Waals surface area contributed by atoms with Crippen LogP contribution in [0, 0.1) is 5.92 Å². The predicted molar refractivity (Wildman–Crippen MR) is 85.6 cm³/mol. The Kier molecular flexibility index (Phi) is 4.92. The van der Waals surface area contributed by atoms with E-state index in [9.17, 15) is 4.79 Å². The maximum Gasteiger partial charge on any atom is 0.225 e. The van der Waals surface area contributed by atoms with E-state index in [-0.39, 0.29) is 11.3 Å². The van der Waals surface area contributed by atoms with Crippen LogP contribution >= 0.6 is 0 Å². The Hall–Kier alpha value is -1.51. The van der Waals surface area contributed by atoms with Crippen LogP contribution in [0.15, 0.2) is 24.3 Å². The number of piperidine rings is 1. The highest BCUT2D eigenvalue weighted by Crippen LogP contribution is 2.41. The molecule has 0 bridgehead atoms. The molecule has 0 aliphatic carbocycles. The van der Waals surface area contributed by atoms with Crippen molar-refractivity contribution in [3.8, 4) is 5.75 Å². The Morgan fingerprint density at radius 3 is 2.76 bits per heavy atom. The van der Waals surface area contributed by atoms with Crippen LogP contribution in [0.5, 0.6) is 5.75 Å². The van der Waals surface area contributed by atoms with Gasteiger partial charge in [0, 0.05) is 24.9 Å². The number of carbonyl (C=O) groups excluding carboxylic acids is 1. The van der Waals surface area contributed by atoms with Crippen molar-refractivity contribution in [2.45, 2.75) is 44.9 Å². The third-order valence-electron chi connectivity index (χ3n) is 4.90. The van der Waals surface area contributed by atoms with Gasteiger partial charge in [0.1, 0.15) is 5.75 Å². The predicted octanol–water partition coefficient (Wildman–Crippen LogP) is 3.62. The summed E-state index contributed by atoms with van der Waals surface area (Å²) in [6, 6.07) is 8.35. The van der Waals surface area contributed by atoms with Gasteiger partial charge in [0.05, 0.1) is 7.11 Å². The minimum Gasteiger partial charge on any atom is -0.497 e. The quantitative estimate of drug-likeness (QED) is 0.828. The zero-order chi connectivity index (χ0) is 15.5. The molecule has 116 valence electrons. The molecule has 0 spiro atoms. The highest BCUT2D eigenvalue weighted by molar-refractivity contribution is 5.80. The Morgan fingerprint density at radius 2 is 2.14 bits per heavy atom. The van der Waals surface area contributed by atoms with Crippen molar-refractivity contribution in [1.82, 2.24) is 4.90 Å². The number of hydrogen-bond donors (Lipinski definition) is 0. The van der Waals surface area contributed by atoms with Crippen LogP contribution in [0.3, 0.4) is 0 Å². The van der Waals surface area contributed by atoms with Crippen LogP contribution in [0.25, 0.3) is 0 Å². The SMILES string of the molecule is CCCC1CC(CC)(c2cccc(OC)c2)CN(C)C1=O. The van der Waals surface area contributed by atoms with Gasteiger partial charge in [-0.05, 0) is 37.0 Å². The molecule has 1 aromatic rings. The third kappa shape index (κ3) is 3.07. The van der Waals surface area contributed by atoms with E-state index >= 15 is 0 Å². The molecule has 0 N–H and O–H groups in total. The molecule has 1 aromatic carbocycles. The number of likely N-dealkylation sites (tertiary alicyclic amines) is 1. The first-order chi connectivity index (χ1) is 10.1. The van der Waals surface area contributed by atoms with E-state index in [0.29, 0.717) is 5.91 Å². The van der Waals surface area contributed by atoms with Crippen molar-refractivity contribution in [2.75, 3.05) is 20.7 Å². The molecule has 1 aliphatic heterocycles. The fourth-order valence-electron chi connectivity index (χ4n) is 3.66. The van der Waals surface area contributed by atoms with Crippen LogP contribution in [0.2, 0.25) is 0 Å². The van der Waals surface area contributed by atoms with E-state index < -0.39 is 0 Å². The number of hydrogen-bond acceptors (Lipinski definition) is 2. The molecule has 2 unspecified atom stereocenters. The Labute approximate surface area is 128 Å². The lowest BCUT2D eigenvalue weighted by atomic mass is 9.68. The van der Waals surface area contributed by atoms with Crippen LogP contribution < -0.4 is 4.74 Å². The lowest BCUT2D eigenvalue weighted by Crippen LogP contribution is -2.51. The summed E-state index contributed by atoms with van der Waals surface area (Å²) in [5, 5.41) is 0. The standard InChI is InChI=1S/C18H27NO2/c1-5-8-14-12-18(6-2,13-19(3)17(14)20)15-9-7-10-16(11-15)21-4/h7,9-11,14H,5-6,8,12-13H2,1-4H3. The molecule has 2 atom stereocenters. The molecule has 1 aliphatic rings. The summed E-state index contributed by atoms with van der Waals surface area (Å²) < 4.78 is 5.38. The van der Waals surface area contributed by atoms with Crippen LogP contribution in [-0.2, 0) is 10.2 Å². The summed E-state index contributed by atoms with van der Waals surface area (Å²) >= 11 is 0. The average Bonchev–Trinajstić information content (AvgIpc) is 2.52. The van der Waals surface area contributed by atoms with Crippen LogP contribution in [0.1, 0.15) is 45.1 Å². The largest absolute Gasteiger partial charge is 0.497 e. The Bertz CT molecular complexity index is 500. The van der Waals surface area contributed by atoms with Gasteiger partial charge in [-0.3, -0.25) is 4.79 Å². The maximum atomic E-state index is 12.4. The summed E-state index contributed by atoms with van der Waals surface area (Å²) in [6.45, 7) is 5.18. The normalized spacial score (nSPS) is 26.0. The van der Waals surface area contributed by atoms with Gasteiger partial charge < -0.3 is 9.64 Å². The van der Waals surface area contributed by atoms with Gasteiger partial charge in [-0.15, -0.1) is 0 Å². The summed E-state index contributed by atoms with van der Waals surface area (Å²) in [7, 11) is 3.64. The summed E-state index contributed by atoms with van der Waals surface area (Å²) in [5.74, 6) is 1.36. The van der Waals surface area contributed by atoms with Gasteiger partial charge in [-0.2, -0.15) is 0 Å². The molecule has 1 amide bonds. The van der Waals surface area contributed by atoms with Crippen molar-refractivity contribution < 1.29 is 9.53 Å². The van der Waals surface area contributed by atoms with Gasteiger partial charge >= 0.3 is 0 Å². The minimum atomic E-state index is 0.0526. The van der Waals surface area contributed by atoms with Crippen molar-refractivity contribution >= 4 is 5.91 Å². The topological polar surface area (TPSA) is 29.5 Å². The van der Waals surface area contributed by atoms with Crippen molar-refractivity contribution in [3.05, 3.63) is 29.8 Å². The lowest BCUT2D eigenvalue weighted by molar-refractivity contribution is -0.140. The van der Waals surface area contributed by atoms with Gasteiger partial charge in [0.25, 0.3) is 0 Å². The second kappa shape index (κ2) is 6.50. The summed E-state index contributed by atoms with van der Waals surface area (Å²) in [5.41, 5.74) is 1.35. The number of amides is 1. The Balaban J connectivity index is 2.37. The molecule has 1 fully saturated rings. The first-order valence-corrected chi connectivity index (χ1v) is 7.95. The second-order valence-electron chi connectivity index (χ2n) is 6.25. The number of methoxy groups -OCH3 is 1. The van der Waals surface area contributed by atoms with E-state index in [1.807, 2.05) is 18.0 Å². The first-order valence-electron chi connectivity index (χ1n) is 7.95. The van der Waals surface area contributed by atoms with Crippen LogP contribution in [0.4, 0.5) is 0 Å². The molecule has 0 radical (unpaired) electrons. The van der Waals surface area contributed by atoms with E-state index in [2.05, 4.69) is 32.0 Å². The number of likely N-dealkylation sites (N-methyl/N-ethyl adjacent to an activating group) is 1. The number of carbonyl (C=O) groups is 1. The zero-order valence-electron chi connectivity index (χ0n) is 13.7. The summed E-state index contributed by atoms with van der Waals surface area (Å²) in [4.78, 5) is 14.3. The van der Waals surface area contributed by atoms with Gasteiger partial charge in [0.15, 0.2) is 0 Å². The van der Waals surface area contributed by atoms with E-state index in [0.717, 1.165) is 38.0 Å². The van der Waals surface area contributed by atoms with Crippen LogP contribution in [-0.4, -0.2) is 31.5 Å². The number of rotatable bonds is 5. The maximum absolute atomic E-state index is 12.4. The molecule has 2 rings (SSSR count). The van der Waals surface area contributed by atoms with E-state index in [1.54, 1.807) is 7.11 Å². The zero-order valence-corrected chi connectivity index (χ0v) is 13.7. The molecule has 3 nitrogen and oxygen atoms in total. The average molecular weight is 289 g/mol. The first kappa shape index (κ1) is 15.9. The third-order valence-corrected chi connectivity index (χ3v) is 4.90. The van der Waals surface area contributed by atoms with Gasteiger partial charge in [0.2, 0.25) is 5.91 Å². The fourth-order valence-corrected chi connectivity index (χ4v) is 3.66. The van der Waals surface area contributed by atoms with Gasteiger partial charge in [-0.1, -0.05) is 32.4 Å².